The van der Waals surface area contributed by atoms with Gasteiger partial charge in [-0.3, -0.25) is 20.8 Å². The highest BCUT2D eigenvalue weighted by Crippen LogP contribution is 2.10. The van der Waals surface area contributed by atoms with E-state index in [2.05, 4.69) is 5.48 Å². The summed E-state index contributed by atoms with van der Waals surface area (Å²) in [6.45, 7) is 3.89. The molecule has 2 aromatic carbocycles. The smallest absolute Gasteiger partial charge is 0.269 e. The number of nitrogens with one attached hydrogen (secondary N) is 1. The van der Waals surface area contributed by atoms with Crippen molar-refractivity contribution >= 4 is 11.4 Å². The van der Waals surface area contributed by atoms with Gasteiger partial charge in [0.1, 0.15) is 0 Å². The SMILES string of the molecule is Cc1ccc(NO)cc1.Cc1ccc([N+](=O)[O-])cc1. The Morgan fingerprint density at radius 2 is 1.37 bits per heavy atom. The molecule has 2 aromatic rings. The average Bonchev–Trinajstić information content (AvgIpc) is 2.41. The Morgan fingerprint density at radius 1 is 0.947 bits per heavy atom. The van der Waals surface area contributed by atoms with Crippen molar-refractivity contribution in [2.24, 2.45) is 0 Å². The highest BCUT2D eigenvalue weighted by molar-refractivity contribution is 5.41. The molecule has 5 heteroatoms. The van der Waals surface area contributed by atoms with Crippen molar-refractivity contribution in [2.45, 2.75) is 13.8 Å². The van der Waals surface area contributed by atoms with Crippen molar-refractivity contribution in [2.75, 3.05) is 5.48 Å². The molecule has 0 saturated heterocycles. The lowest BCUT2D eigenvalue weighted by Gasteiger charge is -1.96. The quantitative estimate of drug-likeness (QED) is 0.637. The fourth-order valence-corrected chi connectivity index (χ4v) is 1.29. The number of anilines is 1. The van der Waals surface area contributed by atoms with Crippen LogP contribution in [0.15, 0.2) is 48.5 Å². The molecule has 0 aliphatic carbocycles. The lowest BCUT2D eigenvalue weighted by atomic mass is 10.2. The fraction of sp³-hybridized carbons (Fsp3) is 0.143. The Labute approximate surface area is 111 Å². The van der Waals surface area contributed by atoms with E-state index in [1.54, 1.807) is 12.1 Å². The normalized spacial score (nSPS) is 9.21. The Bertz CT molecular complexity index is 521. The third-order valence-corrected chi connectivity index (χ3v) is 2.43. The second-order valence-corrected chi connectivity index (χ2v) is 4.07. The van der Waals surface area contributed by atoms with Gasteiger partial charge in [-0.2, -0.15) is 0 Å². The van der Waals surface area contributed by atoms with E-state index in [0.29, 0.717) is 0 Å². The van der Waals surface area contributed by atoms with E-state index in [4.69, 9.17) is 5.21 Å². The van der Waals surface area contributed by atoms with E-state index < -0.39 is 4.92 Å². The second kappa shape index (κ2) is 7.13. The number of rotatable bonds is 2. The summed E-state index contributed by atoms with van der Waals surface area (Å²) in [7, 11) is 0. The topological polar surface area (TPSA) is 75.4 Å². The van der Waals surface area contributed by atoms with Crippen LogP contribution in [-0.2, 0) is 0 Å². The van der Waals surface area contributed by atoms with Crippen molar-refractivity contribution in [3.05, 3.63) is 69.8 Å². The van der Waals surface area contributed by atoms with Crippen molar-refractivity contribution < 1.29 is 10.1 Å². The monoisotopic (exact) mass is 260 g/mol. The first-order chi connectivity index (χ1) is 9.02. The molecule has 0 fully saturated rings. The van der Waals surface area contributed by atoms with Crippen molar-refractivity contribution in [3.8, 4) is 0 Å². The molecule has 0 saturated carbocycles. The molecule has 0 unspecified atom stereocenters. The summed E-state index contributed by atoms with van der Waals surface area (Å²) in [6.07, 6.45) is 0. The lowest BCUT2D eigenvalue weighted by Crippen LogP contribution is -1.87. The van der Waals surface area contributed by atoms with Gasteiger partial charge in [0, 0.05) is 12.1 Å². The van der Waals surface area contributed by atoms with Gasteiger partial charge >= 0.3 is 0 Å². The molecule has 100 valence electrons. The zero-order valence-electron chi connectivity index (χ0n) is 10.8. The van der Waals surface area contributed by atoms with Crippen molar-refractivity contribution in [1.82, 2.24) is 0 Å². The third kappa shape index (κ3) is 5.18. The summed E-state index contributed by atoms with van der Waals surface area (Å²) in [5.74, 6) is 0. The van der Waals surface area contributed by atoms with Crippen LogP contribution < -0.4 is 5.48 Å². The van der Waals surface area contributed by atoms with Crippen molar-refractivity contribution in [3.63, 3.8) is 0 Å². The van der Waals surface area contributed by atoms with E-state index in [1.807, 2.05) is 38.1 Å². The summed E-state index contributed by atoms with van der Waals surface area (Å²) < 4.78 is 0. The molecular weight excluding hydrogens is 244 g/mol. The Kier molecular flexibility index (Phi) is 5.50. The predicted molar refractivity (Wildman–Crippen MR) is 74.4 cm³/mol. The van der Waals surface area contributed by atoms with Gasteiger partial charge in [-0.1, -0.05) is 35.4 Å². The second-order valence-electron chi connectivity index (χ2n) is 4.07. The number of hydrogen-bond acceptors (Lipinski definition) is 4. The maximum absolute atomic E-state index is 10.1. The average molecular weight is 260 g/mol. The van der Waals surface area contributed by atoms with Crippen LogP contribution in [0.25, 0.3) is 0 Å². The number of nitrogens with zero attached hydrogens (tertiary/aromatic N) is 1. The first-order valence-electron chi connectivity index (χ1n) is 5.71. The van der Waals surface area contributed by atoms with Gasteiger partial charge in [-0.05, 0) is 26.0 Å². The molecule has 0 aliphatic heterocycles. The maximum Gasteiger partial charge on any atom is 0.269 e. The highest BCUT2D eigenvalue weighted by Gasteiger charge is 2.00. The molecule has 0 amide bonds. The van der Waals surface area contributed by atoms with Crippen LogP contribution in [0, 0.1) is 24.0 Å². The fourth-order valence-electron chi connectivity index (χ4n) is 1.29. The maximum atomic E-state index is 10.1. The van der Waals surface area contributed by atoms with Gasteiger partial charge in [0.2, 0.25) is 0 Å². The molecule has 0 spiro atoms. The number of non-ortho nitro benzene ring substituents is 1. The third-order valence-electron chi connectivity index (χ3n) is 2.43. The molecule has 0 heterocycles. The van der Waals surface area contributed by atoms with Crippen LogP contribution in [0.1, 0.15) is 11.1 Å². The Morgan fingerprint density at radius 3 is 1.74 bits per heavy atom. The molecule has 0 radical (unpaired) electrons. The largest absolute Gasteiger partial charge is 0.291 e. The lowest BCUT2D eigenvalue weighted by molar-refractivity contribution is -0.384. The van der Waals surface area contributed by atoms with Gasteiger partial charge in [-0.25, -0.2) is 0 Å². The zero-order valence-corrected chi connectivity index (χ0v) is 10.8. The van der Waals surface area contributed by atoms with E-state index in [0.717, 1.165) is 11.3 Å². The number of nitro benzene ring substituents is 1. The van der Waals surface area contributed by atoms with Gasteiger partial charge in [0.15, 0.2) is 0 Å². The number of nitro groups is 1. The Balaban J connectivity index is 0.000000191. The van der Waals surface area contributed by atoms with Crippen LogP contribution in [0.5, 0.6) is 0 Å². The van der Waals surface area contributed by atoms with E-state index in [-0.39, 0.29) is 5.69 Å². The number of benzene rings is 2. The molecule has 0 atom stereocenters. The minimum absolute atomic E-state index is 0.144. The van der Waals surface area contributed by atoms with Gasteiger partial charge in [-0.15, -0.1) is 0 Å². The van der Waals surface area contributed by atoms with Crippen LogP contribution >= 0.6 is 0 Å². The van der Waals surface area contributed by atoms with Crippen LogP contribution in [0.4, 0.5) is 11.4 Å². The van der Waals surface area contributed by atoms with E-state index >= 15 is 0 Å². The summed E-state index contributed by atoms with van der Waals surface area (Å²) in [6, 6.07) is 13.9. The first-order valence-corrected chi connectivity index (χ1v) is 5.71. The molecular formula is C14H16N2O3. The molecule has 0 bridgehead atoms. The minimum Gasteiger partial charge on any atom is -0.291 e. The minimum atomic E-state index is -0.403. The first kappa shape index (κ1) is 14.7. The van der Waals surface area contributed by atoms with Crippen LogP contribution in [0.3, 0.4) is 0 Å². The molecule has 19 heavy (non-hydrogen) atoms. The van der Waals surface area contributed by atoms with Gasteiger partial charge in [0.05, 0.1) is 10.6 Å². The van der Waals surface area contributed by atoms with Crippen LogP contribution in [0.2, 0.25) is 0 Å². The van der Waals surface area contributed by atoms with Gasteiger partial charge < -0.3 is 0 Å². The summed E-state index contributed by atoms with van der Waals surface area (Å²) in [5.41, 5.74) is 5.14. The predicted octanol–water partition coefficient (Wildman–Crippen LogP) is 3.70. The number of aryl methyl sites for hydroxylation is 2. The van der Waals surface area contributed by atoms with E-state index in [9.17, 15) is 10.1 Å². The zero-order chi connectivity index (χ0) is 14.3. The summed E-state index contributed by atoms with van der Waals surface area (Å²) in [4.78, 5) is 9.71. The molecule has 2 N–H and O–H groups in total. The molecule has 5 nitrogen and oxygen atoms in total. The number of hydrogen-bond donors (Lipinski definition) is 2. The highest BCUT2D eigenvalue weighted by atomic mass is 16.6. The van der Waals surface area contributed by atoms with E-state index in [1.165, 1.54) is 17.7 Å². The standard InChI is InChI=1S/C7H7NO2.C7H9NO/c1-6-2-4-7(5-3-6)8(9)10;1-6-2-4-7(8-9)5-3-6/h2-5H,1H3;2-5,8-9H,1H3. The summed E-state index contributed by atoms with van der Waals surface area (Å²) >= 11 is 0. The summed E-state index contributed by atoms with van der Waals surface area (Å²) in [5, 5.41) is 18.5. The molecule has 2 rings (SSSR count). The molecule has 0 aliphatic rings. The van der Waals surface area contributed by atoms with Crippen molar-refractivity contribution in [1.29, 1.82) is 0 Å². The Hall–Kier alpha value is -2.40. The molecule has 0 aromatic heterocycles. The van der Waals surface area contributed by atoms with Crippen LogP contribution in [-0.4, -0.2) is 10.1 Å². The van der Waals surface area contributed by atoms with Gasteiger partial charge in [0.25, 0.3) is 5.69 Å².